The Morgan fingerprint density at radius 2 is 2.11 bits per heavy atom. The average Bonchev–Trinajstić information content (AvgIpc) is 3.52. The highest BCUT2D eigenvalue weighted by atomic mass is 32.1. The van der Waals surface area contributed by atoms with Crippen LogP contribution in [0.15, 0.2) is 41.8 Å². The summed E-state index contributed by atoms with van der Waals surface area (Å²) in [5.74, 6) is -0.717. The first kappa shape index (κ1) is 27.6. The number of pyridine rings is 1. The molecule has 1 atom stereocenters. The molecule has 1 aromatic carbocycles. The number of carbonyl (C=O) groups excluding carboxylic acids is 2. The van der Waals surface area contributed by atoms with Gasteiger partial charge in [0.25, 0.3) is 5.91 Å². The number of anilines is 2. The van der Waals surface area contributed by atoms with E-state index in [1.165, 1.54) is 23.5 Å². The van der Waals surface area contributed by atoms with Crippen LogP contribution in [0.2, 0.25) is 0 Å². The molecular formula is C27H31FN4O5S. The molecule has 1 fully saturated rings. The standard InChI is InChI=1S/C27H31FN4O5S/c1-27(2,35)17-6-7-19(21(28)10-17)20-15-38-26(24(20)25(29)34)32-22-5-3-4-18(31-22)13-37-14-23(33)30-11-16-8-9-36-12-16/h3-7,10,15-16,35H,8-9,11-14H2,1-2H3,(H2,29,34)(H,30,33)(H,31,32). The predicted octanol–water partition coefficient (Wildman–Crippen LogP) is 3.69. The molecule has 9 nitrogen and oxygen atoms in total. The zero-order chi connectivity index (χ0) is 27.3. The van der Waals surface area contributed by atoms with Crippen LogP contribution in [0.1, 0.15) is 41.9 Å². The molecule has 3 aromatic rings. The molecule has 2 aromatic heterocycles. The average molecular weight is 543 g/mol. The van der Waals surface area contributed by atoms with Gasteiger partial charge in [-0.15, -0.1) is 11.3 Å². The highest BCUT2D eigenvalue weighted by molar-refractivity contribution is 7.15. The van der Waals surface area contributed by atoms with Crippen LogP contribution >= 0.6 is 11.3 Å². The number of aliphatic hydroxyl groups is 1. The van der Waals surface area contributed by atoms with E-state index >= 15 is 0 Å². The van der Waals surface area contributed by atoms with Crippen molar-refractivity contribution in [2.24, 2.45) is 11.7 Å². The van der Waals surface area contributed by atoms with E-state index in [9.17, 15) is 19.1 Å². The van der Waals surface area contributed by atoms with Crippen LogP contribution in [-0.4, -0.2) is 48.3 Å². The highest BCUT2D eigenvalue weighted by Gasteiger charge is 2.23. The molecule has 4 rings (SSSR count). The van der Waals surface area contributed by atoms with E-state index in [0.29, 0.717) is 46.7 Å². The summed E-state index contributed by atoms with van der Waals surface area (Å²) in [6.07, 6.45) is 0.942. The highest BCUT2D eigenvalue weighted by Crippen LogP contribution is 2.38. The maximum absolute atomic E-state index is 15.0. The fourth-order valence-electron chi connectivity index (χ4n) is 4.05. The second kappa shape index (κ2) is 12.0. The zero-order valence-corrected chi connectivity index (χ0v) is 22.1. The van der Waals surface area contributed by atoms with Crippen LogP contribution in [0.25, 0.3) is 11.1 Å². The Hall–Kier alpha value is -3.38. The summed E-state index contributed by atoms with van der Waals surface area (Å²) in [5.41, 5.74) is 6.14. The van der Waals surface area contributed by atoms with Gasteiger partial charge in [0.05, 0.1) is 30.1 Å². The van der Waals surface area contributed by atoms with E-state index in [0.717, 1.165) is 13.0 Å². The van der Waals surface area contributed by atoms with E-state index in [1.807, 2.05) is 0 Å². The molecule has 5 N–H and O–H groups in total. The van der Waals surface area contributed by atoms with Gasteiger partial charge >= 0.3 is 0 Å². The summed E-state index contributed by atoms with van der Waals surface area (Å²) < 4.78 is 25.8. The van der Waals surface area contributed by atoms with Crippen molar-refractivity contribution in [2.75, 3.05) is 31.7 Å². The Morgan fingerprint density at radius 1 is 1.29 bits per heavy atom. The zero-order valence-electron chi connectivity index (χ0n) is 21.3. The van der Waals surface area contributed by atoms with Crippen molar-refractivity contribution >= 4 is 34.0 Å². The molecule has 1 aliphatic rings. The predicted molar refractivity (Wildman–Crippen MR) is 143 cm³/mol. The lowest BCUT2D eigenvalue weighted by molar-refractivity contribution is -0.126. The summed E-state index contributed by atoms with van der Waals surface area (Å²) >= 11 is 1.19. The Morgan fingerprint density at radius 3 is 2.79 bits per heavy atom. The second-order valence-electron chi connectivity index (χ2n) is 9.64. The molecule has 0 saturated carbocycles. The van der Waals surface area contributed by atoms with Gasteiger partial charge in [-0.3, -0.25) is 9.59 Å². The van der Waals surface area contributed by atoms with Gasteiger partial charge in [0.2, 0.25) is 5.91 Å². The van der Waals surface area contributed by atoms with E-state index < -0.39 is 17.3 Å². The summed E-state index contributed by atoms with van der Waals surface area (Å²) in [4.78, 5) is 28.9. The molecular weight excluding hydrogens is 511 g/mol. The Kier molecular flexibility index (Phi) is 8.72. The van der Waals surface area contributed by atoms with E-state index in [4.69, 9.17) is 15.2 Å². The van der Waals surface area contributed by atoms with Crippen LogP contribution in [0.5, 0.6) is 0 Å². The van der Waals surface area contributed by atoms with Crippen LogP contribution in [0.3, 0.4) is 0 Å². The molecule has 0 radical (unpaired) electrons. The number of thiophene rings is 1. The molecule has 1 saturated heterocycles. The number of rotatable bonds is 11. The van der Waals surface area contributed by atoms with Crippen molar-refractivity contribution in [2.45, 2.75) is 32.5 Å². The monoisotopic (exact) mass is 542 g/mol. The molecule has 1 unspecified atom stereocenters. The van der Waals surface area contributed by atoms with Crippen molar-refractivity contribution in [3.63, 3.8) is 0 Å². The van der Waals surface area contributed by atoms with Gasteiger partial charge in [0.1, 0.15) is 23.2 Å². The number of hydrogen-bond acceptors (Lipinski definition) is 8. The van der Waals surface area contributed by atoms with Gasteiger partial charge < -0.3 is 30.9 Å². The molecule has 0 bridgehead atoms. The van der Waals surface area contributed by atoms with Crippen LogP contribution in [-0.2, 0) is 26.5 Å². The molecule has 3 heterocycles. The maximum atomic E-state index is 15.0. The number of carbonyl (C=O) groups is 2. The van der Waals surface area contributed by atoms with Gasteiger partial charge in [-0.2, -0.15) is 0 Å². The minimum Gasteiger partial charge on any atom is -0.386 e. The van der Waals surface area contributed by atoms with E-state index in [-0.39, 0.29) is 30.2 Å². The fraction of sp³-hybridized carbons (Fsp3) is 0.370. The third-order valence-corrected chi connectivity index (χ3v) is 7.04. The molecule has 11 heteroatoms. The maximum Gasteiger partial charge on any atom is 0.252 e. The summed E-state index contributed by atoms with van der Waals surface area (Å²) in [7, 11) is 0. The van der Waals surface area contributed by atoms with E-state index in [2.05, 4.69) is 15.6 Å². The van der Waals surface area contributed by atoms with Gasteiger partial charge in [-0.05, 0) is 44.0 Å². The topological polar surface area (TPSA) is 136 Å². The minimum atomic E-state index is -1.21. The lowest BCUT2D eigenvalue weighted by Crippen LogP contribution is -2.32. The lowest BCUT2D eigenvalue weighted by atomic mass is 9.94. The third-order valence-electron chi connectivity index (χ3n) is 6.15. The normalized spacial score (nSPS) is 15.4. The number of amides is 2. The SMILES string of the molecule is CC(C)(O)c1ccc(-c2csc(Nc3cccc(COCC(=O)NCC4CCOC4)n3)c2C(N)=O)c(F)c1. The summed E-state index contributed by atoms with van der Waals surface area (Å²) in [6, 6.07) is 9.62. The number of aromatic nitrogens is 1. The largest absolute Gasteiger partial charge is 0.386 e. The summed E-state index contributed by atoms with van der Waals surface area (Å²) in [5, 5.41) is 18.2. The van der Waals surface area contributed by atoms with Crippen molar-refractivity contribution in [3.8, 4) is 11.1 Å². The number of nitrogens with zero attached hydrogens (tertiary/aromatic N) is 1. The summed E-state index contributed by atoms with van der Waals surface area (Å²) in [6.45, 7) is 5.12. The van der Waals surface area contributed by atoms with Crippen molar-refractivity contribution in [1.29, 1.82) is 0 Å². The van der Waals surface area contributed by atoms with Crippen LogP contribution in [0.4, 0.5) is 15.2 Å². The first-order valence-electron chi connectivity index (χ1n) is 12.2. The first-order chi connectivity index (χ1) is 18.1. The van der Waals surface area contributed by atoms with Crippen LogP contribution in [0, 0.1) is 11.7 Å². The number of nitrogens with one attached hydrogen (secondary N) is 2. The van der Waals surface area contributed by atoms with Crippen LogP contribution < -0.4 is 16.4 Å². The molecule has 202 valence electrons. The number of nitrogens with two attached hydrogens (primary N) is 1. The number of halogens is 1. The Balaban J connectivity index is 1.41. The lowest BCUT2D eigenvalue weighted by Gasteiger charge is -2.18. The minimum absolute atomic E-state index is 0.0924. The third kappa shape index (κ3) is 6.93. The molecule has 38 heavy (non-hydrogen) atoms. The molecule has 0 aliphatic carbocycles. The number of benzene rings is 1. The smallest absolute Gasteiger partial charge is 0.252 e. The molecule has 0 spiro atoms. The van der Waals surface area contributed by atoms with Crippen molar-refractivity contribution < 1.29 is 28.6 Å². The quantitative estimate of drug-likeness (QED) is 0.290. The van der Waals surface area contributed by atoms with E-state index in [1.54, 1.807) is 43.5 Å². The van der Waals surface area contributed by atoms with Crippen molar-refractivity contribution in [1.82, 2.24) is 10.3 Å². The number of hydrogen-bond donors (Lipinski definition) is 4. The van der Waals surface area contributed by atoms with Gasteiger partial charge in [-0.25, -0.2) is 9.37 Å². The number of primary amides is 1. The van der Waals surface area contributed by atoms with Crippen molar-refractivity contribution in [3.05, 3.63) is 64.4 Å². The second-order valence-corrected chi connectivity index (χ2v) is 10.5. The first-order valence-corrected chi connectivity index (χ1v) is 13.1. The van der Waals surface area contributed by atoms with Gasteiger partial charge in [0.15, 0.2) is 0 Å². The van der Waals surface area contributed by atoms with Gasteiger partial charge in [-0.1, -0.05) is 18.2 Å². The Labute approximate surface area is 224 Å². The number of ether oxygens (including phenoxy) is 2. The fourth-order valence-corrected chi connectivity index (χ4v) is 5.03. The Bertz CT molecular complexity index is 1300. The molecule has 2 amide bonds. The molecule has 1 aliphatic heterocycles. The van der Waals surface area contributed by atoms with Gasteiger partial charge in [0, 0.05) is 35.6 Å².